The first-order chi connectivity index (χ1) is 12.5. The molecule has 0 saturated carbocycles. The van der Waals surface area contributed by atoms with Crippen LogP contribution in [0.15, 0.2) is 40.9 Å². The lowest BCUT2D eigenvalue weighted by Gasteiger charge is -2.29. The number of methoxy groups -OCH3 is 1. The van der Waals surface area contributed by atoms with E-state index in [1.807, 2.05) is 12.1 Å². The number of aryl methyl sites for hydroxylation is 1. The van der Waals surface area contributed by atoms with E-state index < -0.39 is 0 Å². The molecule has 0 radical (unpaired) electrons. The van der Waals surface area contributed by atoms with Crippen molar-refractivity contribution in [1.82, 2.24) is 0 Å². The van der Waals surface area contributed by atoms with Gasteiger partial charge in [0.25, 0.3) is 11.8 Å². The highest BCUT2D eigenvalue weighted by Gasteiger charge is 2.23. The molecular formula is C19H18BrClN2O3. The third kappa shape index (κ3) is 4.09. The Balaban J connectivity index is 1.82. The van der Waals surface area contributed by atoms with Crippen molar-refractivity contribution >= 4 is 50.7 Å². The van der Waals surface area contributed by atoms with Crippen LogP contribution in [0, 0.1) is 0 Å². The molecule has 0 atom stereocenters. The number of nitrogens with one attached hydrogen (secondary N) is 1. The van der Waals surface area contributed by atoms with Gasteiger partial charge in [0.05, 0.1) is 10.6 Å². The average Bonchev–Trinajstić information content (AvgIpc) is 2.63. The summed E-state index contributed by atoms with van der Waals surface area (Å²) in [5.41, 5.74) is 2.97. The minimum absolute atomic E-state index is 0.0549. The highest BCUT2D eigenvalue weighted by Crippen LogP contribution is 2.30. The summed E-state index contributed by atoms with van der Waals surface area (Å²) in [5, 5.41) is 3.26. The molecule has 1 heterocycles. The topological polar surface area (TPSA) is 58.6 Å². The fourth-order valence-corrected chi connectivity index (χ4v) is 3.57. The van der Waals surface area contributed by atoms with Crippen LogP contribution in [0.2, 0.25) is 5.02 Å². The molecule has 1 aliphatic heterocycles. The number of amides is 2. The van der Waals surface area contributed by atoms with E-state index >= 15 is 0 Å². The zero-order chi connectivity index (χ0) is 18.7. The second-order valence-corrected chi connectivity index (χ2v) is 7.33. The molecule has 136 valence electrons. The standard InChI is InChI=1S/C19H18BrClN2O3/c1-26-11-18(24)23-8-2-3-12-9-14(5-7-17(12)23)22-19(25)15-10-13(20)4-6-16(15)21/h4-7,9-10H,2-3,8,11H2,1H3,(H,22,25). The molecule has 2 amide bonds. The quantitative estimate of drug-likeness (QED) is 0.777. The number of halogens is 2. The van der Waals surface area contributed by atoms with Crippen molar-refractivity contribution in [1.29, 1.82) is 0 Å². The maximum atomic E-state index is 12.5. The van der Waals surface area contributed by atoms with Gasteiger partial charge in [-0.3, -0.25) is 9.59 Å². The fourth-order valence-electron chi connectivity index (χ4n) is 3.01. The fraction of sp³-hybridized carbons (Fsp3) is 0.263. The number of anilines is 2. The van der Waals surface area contributed by atoms with Crippen molar-refractivity contribution in [2.45, 2.75) is 12.8 Å². The van der Waals surface area contributed by atoms with Crippen LogP contribution in [0.5, 0.6) is 0 Å². The highest BCUT2D eigenvalue weighted by atomic mass is 79.9. The molecule has 2 aromatic rings. The summed E-state index contributed by atoms with van der Waals surface area (Å²) in [6, 6.07) is 10.7. The lowest BCUT2D eigenvalue weighted by atomic mass is 10.0. The number of carbonyl (C=O) groups excluding carboxylic acids is 2. The summed E-state index contributed by atoms with van der Waals surface area (Å²) in [7, 11) is 1.51. The number of benzene rings is 2. The molecule has 0 aromatic heterocycles. The minimum Gasteiger partial charge on any atom is -0.375 e. The first-order valence-corrected chi connectivity index (χ1v) is 9.35. The lowest BCUT2D eigenvalue weighted by Crippen LogP contribution is -2.37. The molecule has 0 spiro atoms. The van der Waals surface area contributed by atoms with Crippen molar-refractivity contribution in [3.63, 3.8) is 0 Å². The number of rotatable bonds is 4. The van der Waals surface area contributed by atoms with Crippen molar-refractivity contribution in [2.75, 3.05) is 30.5 Å². The van der Waals surface area contributed by atoms with Gasteiger partial charge in [0.2, 0.25) is 0 Å². The molecule has 5 nitrogen and oxygen atoms in total. The largest absolute Gasteiger partial charge is 0.375 e. The Hall–Kier alpha value is -1.89. The Labute approximate surface area is 165 Å². The average molecular weight is 438 g/mol. The van der Waals surface area contributed by atoms with Crippen LogP contribution in [0.3, 0.4) is 0 Å². The van der Waals surface area contributed by atoms with Gasteiger partial charge in [0.15, 0.2) is 0 Å². The van der Waals surface area contributed by atoms with Crippen LogP contribution in [0.1, 0.15) is 22.3 Å². The van der Waals surface area contributed by atoms with Crippen LogP contribution in [-0.2, 0) is 16.0 Å². The summed E-state index contributed by atoms with van der Waals surface area (Å²) in [6.07, 6.45) is 1.73. The lowest BCUT2D eigenvalue weighted by molar-refractivity contribution is -0.122. The van der Waals surface area contributed by atoms with Gasteiger partial charge in [-0.15, -0.1) is 0 Å². The monoisotopic (exact) mass is 436 g/mol. The van der Waals surface area contributed by atoms with E-state index in [1.54, 1.807) is 29.2 Å². The first kappa shape index (κ1) is 18.9. The van der Waals surface area contributed by atoms with Gasteiger partial charge in [-0.2, -0.15) is 0 Å². The molecule has 0 bridgehead atoms. The highest BCUT2D eigenvalue weighted by molar-refractivity contribution is 9.10. The molecular weight excluding hydrogens is 420 g/mol. The summed E-state index contributed by atoms with van der Waals surface area (Å²) >= 11 is 9.46. The second kappa shape index (κ2) is 8.20. The zero-order valence-electron chi connectivity index (χ0n) is 14.2. The molecule has 26 heavy (non-hydrogen) atoms. The van der Waals surface area contributed by atoms with E-state index in [0.29, 0.717) is 22.8 Å². The number of hydrogen-bond donors (Lipinski definition) is 1. The minimum atomic E-state index is -0.278. The van der Waals surface area contributed by atoms with E-state index in [2.05, 4.69) is 21.2 Å². The predicted molar refractivity (Wildman–Crippen MR) is 106 cm³/mol. The zero-order valence-corrected chi connectivity index (χ0v) is 16.6. The Kier molecular flexibility index (Phi) is 5.96. The van der Waals surface area contributed by atoms with Gasteiger partial charge < -0.3 is 15.0 Å². The second-order valence-electron chi connectivity index (χ2n) is 6.00. The van der Waals surface area contributed by atoms with Crippen LogP contribution in [0.25, 0.3) is 0 Å². The molecule has 1 aliphatic rings. The van der Waals surface area contributed by atoms with Gasteiger partial charge in [-0.05, 0) is 54.8 Å². The first-order valence-electron chi connectivity index (χ1n) is 8.18. The van der Waals surface area contributed by atoms with Gasteiger partial charge in [0.1, 0.15) is 6.61 Å². The van der Waals surface area contributed by atoms with Gasteiger partial charge in [0, 0.05) is 29.5 Å². The van der Waals surface area contributed by atoms with E-state index in [4.69, 9.17) is 16.3 Å². The predicted octanol–water partition coefficient (Wildman–Crippen LogP) is 4.28. The Bertz CT molecular complexity index is 857. The Morgan fingerprint density at radius 1 is 1.27 bits per heavy atom. The molecule has 1 N–H and O–H groups in total. The smallest absolute Gasteiger partial charge is 0.257 e. The van der Waals surface area contributed by atoms with Gasteiger partial charge in [-0.25, -0.2) is 0 Å². The number of fused-ring (bicyclic) bond motifs is 1. The summed E-state index contributed by atoms with van der Waals surface area (Å²) < 4.78 is 5.74. The molecule has 7 heteroatoms. The van der Waals surface area contributed by atoms with E-state index in [1.165, 1.54) is 7.11 Å². The maximum absolute atomic E-state index is 12.5. The van der Waals surface area contributed by atoms with Crippen molar-refractivity contribution in [2.24, 2.45) is 0 Å². The molecule has 0 saturated heterocycles. The maximum Gasteiger partial charge on any atom is 0.257 e. The van der Waals surface area contributed by atoms with Crippen LogP contribution < -0.4 is 10.2 Å². The van der Waals surface area contributed by atoms with Gasteiger partial charge >= 0.3 is 0 Å². The number of nitrogens with zero attached hydrogens (tertiary/aromatic N) is 1. The van der Waals surface area contributed by atoms with Crippen molar-refractivity contribution in [3.8, 4) is 0 Å². The summed E-state index contributed by atoms with van der Waals surface area (Å²) in [4.78, 5) is 26.4. The van der Waals surface area contributed by atoms with Crippen molar-refractivity contribution in [3.05, 3.63) is 57.0 Å². The van der Waals surface area contributed by atoms with Crippen molar-refractivity contribution < 1.29 is 14.3 Å². The number of hydrogen-bond acceptors (Lipinski definition) is 3. The molecule has 2 aromatic carbocycles. The number of carbonyl (C=O) groups is 2. The number of ether oxygens (including phenoxy) is 1. The van der Waals surface area contributed by atoms with E-state index in [9.17, 15) is 9.59 Å². The molecule has 0 unspecified atom stereocenters. The Morgan fingerprint density at radius 3 is 2.85 bits per heavy atom. The van der Waals surface area contributed by atoms with Crippen LogP contribution in [-0.4, -0.2) is 32.1 Å². The van der Waals surface area contributed by atoms with Gasteiger partial charge in [-0.1, -0.05) is 27.5 Å². The van der Waals surface area contributed by atoms with E-state index in [0.717, 1.165) is 28.6 Å². The molecule has 3 rings (SSSR count). The van der Waals surface area contributed by atoms with Crippen LogP contribution in [0.4, 0.5) is 11.4 Å². The molecule has 0 fully saturated rings. The SMILES string of the molecule is COCC(=O)N1CCCc2cc(NC(=O)c3cc(Br)ccc3Cl)ccc21. The summed E-state index contributed by atoms with van der Waals surface area (Å²) in [5.74, 6) is -0.342. The normalized spacial score (nSPS) is 13.3. The molecule has 0 aliphatic carbocycles. The van der Waals surface area contributed by atoms with E-state index in [-0.39, 0.29) is 18.4 Å². The Morgan fingerprint density at radius 2 is 2.08 bits per heavy atom. The third-order valence-corrected chi connectivity index (χ3v) is 5.02. The van der Waals surface area contributed by atoms with Crippen LogP contribution >= 0.6 is 27.5 Å². The third-order valence-electron chi connectivity index (χ3n) is 4.20. The summed E-state index contributed by atoms with van der Waals surface area (Å²) in [6.45, 7) is 0.730.